The average Bonchev–Trinajstić information content (AvgIpc) is 3.06. The van der Waals surface area contributed by atoms with Crippen LogP contribution in [0.3, 0.4) is 0 Å². The third-order valence-electron chi connectivity index (χ3n) is 5.49. The minimum atomic E-state index is -0.471. The largest absolute Gasteiger partial charge is 0.497 e. The van der Waals surface area contributed by atoms with Crippen LogP contribution in [0, 0.1) is 5.92 Å². The Labute approximate surface area is 180 Å². The van der Waals surface area contributed by atoms with Crippen LogP contribution in [-0.2, 0) is 11.3 Å². The van der Waals surface area contributed by atoms with Crippen LogP contribution in [0.15, 0.2) is 48.5 Å². The molecular formula is C24H26N4O3. The lowest BCUT2D eigenvalue weighted by Crippen LogP contribution is -2.14. The zero-order chi connectivity index (χ0) is 22.0. The van der Waals surface area contributed by atoms with Gasteiger partial charge in [0.15, 0.2) is 5.65 Å². The molecule has 0 aliphatic rings. The molecular weight excluding hydrogens is 392 g/mol. The van der Waals surface area contributed by atoms with Crippen molar-refractivity contribution in [3.8, 4) is 5.75 Å². The average molecular weight is 418 g/mol. The number of nitrogens with zero attached hydrogens (tertiary/aromatic N) is 3. The third kappa shape index (κ3) is 4.03. The van der Waals surface area contributed by atoms with Gasteiger partial charge in [-0.2, -0.15) is 0 Å². The summed E-state index contributed by atoms with van der Waals surface area (Å²) in [5.74, 6) is 0.870. The van der Waals surface area contributed by atoms with Gasteiger partial charge in [-0.25, -0.2) is 14.8 Å². The van der Waals surface area contributed by atoms with Gasteiger partial charge in [-0.1, -0.05) is 44.5 Å². The van der Waals surface area contributed by atoms with E-state index in [1.165, 1.54) is 0 Å². The molecule has 7 nitrogen and oxygen atoms in total. The molecule has 0 aliphatic heterocycles. The van der Waals surface area contributed by atoms with Crippen molar-refractivity contribution >= 4 is 34.0 Å². The molecule has 2 N–H and O–H groups in total. The van der Waals surface area contributed by atoms with Crippen molar-refractivity contribution in [2.24, 2.45) is 5.92 Å². The monoisotopic (exact) mass is 418 g/mol. The summed E-state index contributed by atoms with van der Waals surface area (Å²) in [4.78, 5) is 22.5. The first-order valence-corrected chi connectivity index (χ1v) is 10.4. The van der Waals surface area contributed by atoms with E-state index in [1.807, 2.05) is 60.0 Å². The number of hydrogen-bond acceptors (Lipinski definition) is 6. The molecule has 0 spiro atoms. The summed E-state index contributed by atoms with van der Waals surface area (Å²) in [5.41, 5.74) is 10.2. The molecule has 0 bridgehead atoms. The molecule has 2 aromatic carbocycles. The molecule has 2 aromatic heterocycles. The van der Waals surface area contributed by atoms with E-state index in [1.54, 1.807) is 7.11 Å². The first kappa shape index (κ1) is 20.7. The van der Waals surface area contributed by atoms with Gasteiger partial charge in [0, 0.05) is 0 Å². The van der Waals surface area contributed by atoms with E-state index in [0.29, 0.717) is 35.7 Å². The predicted octanol–water partition coefficient (Wildman–Crippen LogP) is 4.43. The van der Waals surface area contributed by atoms with E-state index < -0.39 is 5.97 Å². The first-order valence-electron chi connectivity index (χ1n) is 10.4. The summed E-state index contributed by atoms with van der Waals surface area (Å²) in [6.45, 7) is 4.88. The zero-order valence-corrected chi connectivity index (χ0v) is 18.0. The van der Waals surface area contributed by atoms with Gasteiger partial charge < -0.3 is 19.8 Å². The van der Waals surface area contributed by atoms with Gasteiger partial charge in [0.05, 0.1) is 31.3 Å². The number of nitrogen functional groups attached to an aromatic ring is 1. The summed E-state index contributed by atoms with van der Waals surface area (Å²) in [6, 6.07) is 15.3. The van der Waals surface area contributed by atoms with Crippen LogP contribution in [0.5, 0.6) is 5.75 Å². The van der Waals surface area contributed by atoms with Crippen LogP contribution in [0.25, 0.3) is 22.2 Å². The maximum atomic E-state index is 13.0. The Morgan fingerprint density at radius 3 is 2.42 bits per heavy atom. The number of fused-ring (bicyclic) bond motifs is 2. The van der Waals surface area contributed by atoms with Crippen LogP contribution in [0.1, 0.15) is 36.2 Å². The molecule has 7 heteroatoms. The fourth-order valence-electron chi connectivity index (χ4n) is 3.40. The smallest absolute Gasteiger partial charge is 0.344 e. The molecule has 0 saturated carbocycles. The van der Waals surface area contributed by atoms with Crippen LogP contribution >= 0.6 is 0 Å². The number of aromatic nitrogens is 3. The zero-order valence-electron chi connectivity index (χ0n) is 18.0. The number of ether oxygens (including phenoxy) is 2. The van der Waals surface area contributed by atoms with E-state index in [9.17, 15) is 4.79 Å². The van der Waals surface area contributed by atoms with Crippen molar-refractivity contribution in [2.45, 2.75) is 26.8 Å². The molecule has 0 aliphatic carbocycles. The number of benzene rings is 2. The van der Waals surface area contributed by atoms with Crippen LogP contribution < -0.4 is 10.5 Å². The predicted molar refractivity (Wildman–Crippen MR) is 121 cm³/mol. The maximum Gasteiger partial charge on any atom is 0.344 e. The van der Waals surface area contributed by atoms with Crippen molar-refractivity contribution in [3.63, 3.8) is 0 Å². The highest BCUT2D eigenvalue weighted by molar-refractivity contribution is 6.08. The fourth-order valence-corrected chi connectivity index (χ4v) is 3.40. The molecule has 0 amide bonds. The SMILES string of the molecule is CC[C@@H](C)COC(=O)c1c(N)n(Cc2ccc(OC)cc2)c2nc3ccccc3nc12. The van der Waals surface area contributed by atoms with Crippen LogP contribution in [-0.4, -0.2) is 34.2 Å². The first-order chi connectivity index (χ1) is 15.0. The minimum absolute atomic E-state index is 0.268. The van der Waals surface area contributed by atoms with Crippen molar-refractivity contribution in [2.75, 3.05) is 19.5 Å². The Bertz CT molecular complexity index is 1230. The fraction of sp³-hybridized carbons (Fsp3) is 0.292. The number of methoxy groups -OCH3 is 1. The van der Waals surface area contributed by atoms with Crippen molar-refractivity contribution < 1.29 is 14.3 Å². The van der Waals surface area contributed by atoms with Crippen molar-refractivity contribution in [3.05, 3.63) is 59.7 Å². The molecule has 1 atom stereocenters. The lowest BCUT2D eigenvalue weighted by atomic mass is 10.1. The second kappa shape index (κ2) is 8.63. The highest BCUT2D eigenvalue weighted by Crippen LogP contribution is 2.29. The lowest BCUT2D eigenvalue weighted by molar-refractivity contribution is 0.0450. The van der Waals surface area contributed by atoms with Gasteiger partial charge in [0.25, 0.3) is 0 Å². The number of hydrogen-bond donors (Lipinski definition) is 1. The van der Waals surface area contributed by atoms with Gasteiger partial charge in [0.1, 0.15) is 22.6 Å². The number of carbonyl (C=O) groups is 1. The second-order valence-electron chi connectivity index (χ2n) is 7.69. The number of rotatable bonds is 7. The molecule has 160 valence electrons. The van der Waals surface area contributed by atoms with Gasteiger partial charge in [-0.15, -0.1) is 0 Å². The normalized spacial score (nSPS) is 12.2. The topological polar surface area (TPSA) is 92.3 Å². The van der Waals surface area contributed by atoms with Crippen LogP contribution in [0.2, 0.25) is 0 Å². The molecule has 0 radical (unpaired) electrons. The van der Waals surface area contributed by atoms with Gasteiger partial charge >= 0.3 is 5.97 Å². The summed E-state index contributed by atoms with van der Waals surface area (Å²) in [7, 11) is 1.63. The molecule has 2 heterocycles. The van der Waals surface area contributed by atoms with Gasteiger partial charge in [-0.05, 0) is 35.7 Å². The minimum Gasteiger partial charge on any atom is -0.497 e. The lowest BCUT2D eigenvalue weighted by Gasteiger charge is -2.10. The molecule has 0 saturated heterocycles. The Morgan fingerprint density at radius 2 is 1.77 bits per heavy atom. The standard InChI is InChI=1S/C24H26N4O3/c1-4-15(2)14-31-24(29)20-21-23(27-19-8-6-5-7-18(19)26-21)28(22(20)25)13-16-9-11-17(30-3)12-10-16/h5-12,15H,4,13-14,25H2,1-3H3/t15-/m1/s1. The Hall–Kier alpha value is -3.61. The highest BCUT2D eigenvalue weighted by Gasteiger charge is 2.25. The Balaban J connectivity index is 1.82. The molecule has 4 aromatic rings. The van der Waals surface area contributed by atoms with E-state index in [0.717, 1.165) is 23.3 Å². The molecule has 0 unspecified atom stereocenters. The molecule has 31 heavy (non-hydrogen) atoms. The molecule has 4 rings (SSSR count). The van der Waals surface area contributed by atoms with E-state index >= 15 is 0 Å². The summed E-state index contributed by atoms with van der Waals surface area (Å²) < 4.78 is 12.6. The van der Waals surface area contributed by atoms with Crippen molar-refractivity contribution in [1.29, 1.82) is 0 Å². The Morgan fingerprint density at radius 1 is 1.10 bits per heavy atom. The van der Waals surface area contributed by atoms with Gasteiger partial charge in [0.2, 0.25) is 0 Å². The highest BCUT2D eigenvalue weighted by atomic mass is 16.5. The summed E-state index contributed by atoms with van der Waals surface area (Å²) in [5, 5.41) is 0. The van der Waals surface area contributed by atoms with Crippen LogP contribution in [0.4, 0.5) is 5.82 Å². The number of anilines is 1. The Kier molecular flexibility index (Phi) is 5.75. The van der Waals surface area contributed by atoms with Crippen molar-refractivity contribution in [1.82, 2.24) is 14.5 Å². The number of nitrogens with two attached hydrogens (primary N) is 1. The molecule has 0 fully saturated rings. The summed E-state index contributed by atoms with van der Waals surface area (Å²) >= 11 is 0. The number of carbonyl (C=O) groups excluding carboxylic acids is 1. The van der Waals surface area contributed by atoms with E-state index in [4.69, 9.17) is 25.2 Å². The summed E-state index contributed by atoms with van der Waals surface area (Å²) in [6.07, 6.45) is 0.923. The number of para-hydroxylation sites is 2. The van der Waals surface area contributed by atoms with E-state index in [-0.39, 0.29) is 11.5 Å². The van der Waals surface area contributed by atoms with Gasteiger partial charge in [-0.3, -0.25) is 0 Å². The van der Waals surface area contributed by atoms with E-state index in [2.05, 4.69) is 6.92 Å². The second-order valence-corrected chi connectivity index (χ2v) is 7.69. The maximum absolute atomic E-state index is 13.0. The third-order valence-corrected chi connectivity index (χ3v) is 5.49. The quantitative estimate of drug-likeness (QED) is 0.447. The number of esters is 1.